The number of benzene rings is 1. The van der Waals surface area contributed by atoms with Crippen molar-refractivity contribution in [1.29, 1.82) is 0 Å². The fourth-order valence-corrected chi connectivity index (χ4v) is 5.23. The van der Waals surface area contributed by atoms with E-state index in [1.54, 1.807) is 25.5 Å². The molecule has 0 spiro atoms. The van der Waals surface area contributed by atoms with Crippen molar-refractivity contribution in [3.8, 4) is 5.75 Å². The zero-order chi connectivity index (χ0) is 21.3. The van der Waals surface area contributed by atoms with Gasteiger partial charge in [0.15, 0.2) is 4.80 Å². The highest BCUT2D eigenvalue weighted by Gasteiger charge is 2.33. The van der Waals surface area contributed by atoms with Gasteiger partial charge in [-0.3, -0.25) is 9.36 Å². The molecule has 0 unspecified atom stereocenters. The Morgan fingerprint density at radius 3 is 2.67 bits per heavy atom. The van der Waals surface area contributed by atoms with Crippen LogP contribution in [0.3, 0.4) is 0 Å². The van der Waals surface area contributed by atoms with Gasteiger partial charge in [0.2, 0.25) is 0 Å². The number of methoxy groups -OCH3 is 1. The van der Waals surface area contributed by atoms with Gasteiger partial charge in [0, 0.05) is 4.88 Å². The molecule has 1 atom stereocenters. The molecule has 1 aromatic carbocycles. The smallest absolute Gasteiger partial charge is 0.338 e. The van der Waals surface area contributed by atoms with Crippen molar-refractivity contribution in [2.24, 2.45) is 4.99 Å². The average molecular weight is 441 g/mol. The van der Waals surface area contributed by atoms with Gasteiger partial charge >= 0.3 is 5.97 Å². The van der Waals surface area contributed by atoms with Crippen molar-refractivity contribution < 1.29 is 14.3 Å². The maximum atomic E-state index is 13.4. The summed E-state index contributed by atoms with van der Waals surface area (Å²) in [6.45, 7) is 3.81. The lowest BCUT2D eigenvalue weighted by Crippen LogP contribution is -2.39. The lowest BCUT2D eigenvalue weighted by atomic mass is 10.0. The molecule has 0 saturated heterocycles. The van der Waals surface area contributed by atoms with Crippen LogP contribution in [0, 0.1) is 0 Å². The number of carbonyl (C=O) groups excluding carboxylic acids is 1. The molecule has 30 heavy (non-hydrogen) atoms. The number of rotatable bonds is 5. The Kier molecular flexibility index (Phi) is 5.69. The summed E-state index contributed by atoms with van der Waals surface area (Å²) in [5, 5.41) is 1.93. The monoisotopic (exact) mass is 440 g/mol. The molecule has 0 radical (unpaired) electrons. The standard InChI is InChI=1S/C22H20N2O4S2/c1-4-28-21(26)18-13(2)23-22-24(19(18)16-6-5-11-29-16)20(25)17(30-22)12-14-7-9-15(27-3)10-8-14/h5-12,19H,4H2,1-3H3/b17-12+/t19-/m1/s1. The summed E-state index contributed by atoms with van der Waals surface area (Å²) in [5.41, 5.74) is 1.68. The van der Waals surface area contributed by atoms with Crippen LogP contribution < -0.4 is 19.6 Å². The number of aromatic nitrogens is 1. The Morgan fingerprint density at radius 1 is 1.27 bits per heavy atom. The van der Waals surface area contributed by atoms with Gasteiger partial charge in [-0.1, -0.05) is 29.5 Å². The van der Waals surface area contributed by atoms with Crippen LogP contribution in [0.4, 0.5) is 0 Å². The van der Waals surface area contributed by atoms with Crippen LogP contribution in [0.2, 0.25) is 0 Å². The molecule has 0 bridgehead atoms. The fourth-order valence-electron chi connectivity index (χ4n) is 3.36. The van der Waals surface area contributed by atoms with Crippen molar-refractivity contribution in [3.63, 3.8) is 0 Å². The third-order valence-corrected chi connectivity index (χ3v) is 6.65. The lowest BCUT2D eigenvalue weighted by Gasteiger charge is -2.23. The summed E-state index contributed by atoms with van der Waals surface area (Å²) < 4.78 is 12.6. The number of allylic oxidation sites excluding steroid dienone is 1. The van der Waals surface area contributed by atoms with Crippen LogP contribution in [0.1, 0.15) is 30.3 Å². The van der Waals surface area contributed by atoms with Crippen molar-refractivity contribution in [1.82, 2.24) is 4.57 Å². The zero-order valence-electron chi connectivity index (χ0n) is 16.7. The third kappa shape index (κ3) is 3.64. The molecule has 4 rings (SSSR count). The minimum atomic E-state index is -0.543. The predicted octanol–water partition coefficient (Wildman–Crippen LogP) is 2.87. The van der Waals surface area contributed by atoms with Gasteiger partial charge in [0.25, 0.3) is 5.56 Å². The lowest BCUT2D eigenvalue weighted by molar-refractivity contribution is -0.139. The maximum Gasteiger partial charge on any atom is 0.338 e. The molecule has 0 aliphatic carbocycles. The van der Waals surface area contributed by atoms with E-state index in [4.69, 9.17) is 9.47 Å². The molecule has 6 nitrogen and oxygen atoms in total. The summed E-state index contributed by atoms with van der Waals surface area (Å²) in [6, 6.07) is 10.8. The molecule has 8 heteroatoms. The Morgan fingerprint density at radius 2 is 2.03 bits per heavy atom. The minimum Gasteiger partial charge on any atom is -0.497 e. The Bertz CT molecular complexity index is 1280. The van der Waals surface area contributed by atoms with Crippen LogP contribution in [-0.2, 0) is 9.53 Å². The third-order valence-electron chi connectivity index (χ3n) is 4.74. The number of nitrogens with zero attached hydrogens (tertiary/aromatic N) is 2. The summed E-state index contributed by atoms with van der Waals surface area (Å²) >= 11 is 2.81. The number of thiazole rings is 1. The maximum absolute atomic E-state index is 13.4. The molecule has 2 aromatic heterocycles. The molecular weight excluding hydrogens is 420 g/mol. The van der Waals surface area contributed by atoms with Crippen molar-refractivity contribution >= 4 is 34.7 Å². The predicted molar refractivity (Wildman–Crippen MR) is 118 cm³/mol. The van der Waals surface area contributed by atoms with E-state index in [-0.39, 0.29) is 12.2 Å². The number of fused-ring (bicyclic) bond motifs is 1. The summed E-state index contributed by atoms with van der Waals surface area (Å²) in [7, 11) is 1.61. The van der Waals surface area contributed by atoms with Gasteiger partial charge in [-0.25, -0.2) is 9.79 Å². The van der Waals surface area contributed by atoms with E-state index in [1.807, 2.05) is 47.9 Å². The molecule has 1 aliphatic rings. The largest absolute Gasteiger partial charge is 0.497 e. The normalized spacial score (nSPS) is 16.2. The zero-order valence-corrected chi connectivity index (χ0v) is 18.4. The fraction of sp³-hybridized carbons (Fsp3) is 0.227. The molecule has 1 aliphatic heterocycles. The number of carbonyl (C=O) groups is 1. The molecule has 3 aromatic rings. The summed E-state index contributed by atoms with van der Waals surface area (Å²) in [5.74, 6) is 0.308. The Labute approximate surface area is 181 Å². The second kappa shape index (κ2) is 8.41. The quantitative estimate of drug-likeness (QED) is 0.572. The van der Waals surface area contributed by atoms with Gasteiger partial charge in [0.05, 0.1) is 29.5 Å². The van der Waals surface area contributed by atoms with Crippen LogP contribution in [-0.4, -0.2) is 24.3 Å². The van der Waals surface area contributed by atoms with Gasteiger partial charge in [-0.15, -0.1) is 11.3 Å². The Hall–Kier alpha value is -2.97. The van der Waals surface area contributed by atoms with Crippen molar-refractivity contribution in [2.75, 3.05) is 13.7 Å². The number of ether oxygens (including phenoxy) is 2. The first-order valence-electron chi connectivity index (χ1n) is 9.40. The van der Waals surface area contributed by atoms with Crippen molar-refractivity contribution in [3.05, 3.63) is 83.2 Å². The van der Waals surface area contributed by atoms with Gasteiger partial charge < -0.3 is 9.47 Å². The molecule has 3 heterocycles. The first-order chi connectivity index (χ1) is 14.5. The van der Waals surface area contributed by atoms with E-state index >= 15 is 0 Å². The number of hydrogen-bond acceptors (Lipinski definition) is 7. The number of hydrogen-bond donors (Lipinski definition) is 0. The van der Waals surface area contributed by atoms with Crippen LogP contribution in [0.5, 0.6) is 5.75 Å². The van der Waals surface area contributed by atoms with Gasteiger partial charge in [0.1, 0.15) is 11.8 Å². The highest BCUT2D eigenvalue weighted by Crippen LogP contribution is 2.33. The number of thiophene rings is 1. The van der Waals surface area contributed by atoms with E-state index in [0.717, 1.165) is 16.2 Å². The molecule has 154 valence electrons. The van der Waals surface area contributed by atoms with Crippen LogP contribution in [0.25, 0.3) is 6.08 Å². The van der Waals surface area contributed by atoms with E-state index in [2.05, 4.69) is 4.99 Å². The van der Waals surface area contributed by atoms with Crippen LogP contribution in [0.15, 0.2) is 62.8 Å². The molecule has 0 fully saturated rings. The second-order valence-corrected chi connectivity index (χ2v) is 8.58. The Balaban J connectivity index is 1.90. The first kappa shape index (κ1) is 20.3. The second-order valence-electron chi connectivity index (χ2n) is 6.59. The van der Waals surface area contributed by atoms with Gasteiger partial charge in [-0.05, 0) is 49.1 Å². The first-order valence-corrected chi connectivity index (χ1v) is 11.1. The van der Waals surface area contributed by atoms with E-state index in [0.29, 0.717) is 20.6 Å². The van der Waals surface area contributed by atoms with E-state index in [1.165, 1.54) is 22.7 Å². The summed E-state index contributed by atoms with van der Waals surface area (Å²) in [6.07, 6.45) is 1.83. The van der Waals surface area contributed by atoms with Crippen molar-refractivity contribution in [2.45, 2.75) is 19.9 Å². The minimum absolute atomic E-state index is 0.178. The van der Waals surface area contributed by atoms with E-state index < -0.39 is 12.0 Å². The highest BCUT2D eigenvalue weighted by molar-refractivity contribution is 7.10. The van der Waals surface area contributed by atoms with Gasteiger partial charge in [-0.2, -0.15) is 0 Å². The average Bonchev–Trinajstić information content (AvgIpc) is 3.37. The molecule has 0 saturated carbocycles. The van der Waals surface area contributed by atoms with E-state index in [9.17, 15) is 9.59 Å². The highest BCUT2D eigenvalue weighted by atomic mass is 32.1. The SMILES string of the molecule is CCOC(=O)C1=C(C)N=c2s/c(=C/c3ccc(OC)cc3)c(=O)n2[C@@H]1c1cccs1. The molecule has 0 amide bonds. The molecule has 0 N–H and O–H groups in total. The van der Waals surface area contributed by atoms with Crippen LogP contribution >= 0.6 is 22.7 Å². The topological polar surface area (TPSA) is 69.9 Å². The summed E-state index contributed by atoms with van der Waals surface area (Å²) in [4.78, 5) is 32.1. The molecular formula is C22H20N2O4S2. The number of esters is 1.